The van der Waals surface area contributed by atoms with Crippen LogP contribution in [0.25, 0.3) is 10.9 Å². The van der Waals surface area contributed by atoms with Crippen LogP contribution in [0.1, 0.15) is 12.0 Å². The molecule has 1 heterocycles. The summed E-state index contributed by atoms with van der Waals surface area (Å²) in [6.45, 7) is 0.572. The van der Waals surface area contributed by atoms with Gasteiger partial charge in [0.2, 0.25) is 5.91 Å². The second-order valence-electron chi connectivity index (χ2n) is 3.85. The molecule has 0 spiro atoms. The zero-order valence-corrected chi connectivity index (χ0v) is 12.3. The average molecular weight is 315 g/mol. The molecular formula is C13H16Cl2N4O. The molecule has 0 unspecified atom stereocenters. The molecule has 0 saturated heterocycles. The number of nitrogens with zero attached hydrogens (tertiary/aromatic N) is 2. The van der Waals surface area contributed by atoms with E-state index >= 15 is 0 Å². The maximum absolute atomic E-state index is 11.2. The van der Waals surface area contributed by atoms with Gasteiger partial charge in [0, 0.05) is 11.6 Å². The lowest BCUT2D eigenvalue weighted by Crippen LogP contribution is -3.00. The number of pyridine rings is 1. The molecule has 0 aliphatic rings. The third kappa shape index (κ3) is 5.13. The van der Waals surface area contributed by atoms with Crippen molar-refractivity contribution >= 4 is 35.4 Å². The quantitative estimate of drug-likeness (QED) is 0.493. The molecule has 4 N–H and O–H groups in total. The Balaban J connectivity index is 0.00000180. The number of halogens is 2. The predicted molar refractivity (Wildman–Crippen MR) is 77.1 cm³/mol. The van der Waals surface area contributed by atoms with E-state index in [1.807, 2.05) is 30.3 Å². The van der Waals surface area contributed by atoms with Crippen LogP contribution in [-0.4, -0.2) is 23.7 Å². The van der Waals surface area contributed by atoms with Crippen molar-refractivity contribution < 1.29 is 22.9 Å². The molecule has 0 fully saturated rings. The molecule has 20 heavy (non-hydrogen) atoms. The lowest BCUT2D eigenvalue weighted by atomic mass is 10.1. The molecule has 7 heteroatoms. The number of nitrogens with one attached hydrogen (secondary N) is 1. The highest BCUT2D eigenvalue weighted by molar-refractivity contribution is 5.89. The third-order valence-electron chi connectivity index (χ3n) is 2.43. The second kappa shape index (κ2) is 9.25. The van der Waals surface area contributed by atoms with E-state index in [1.54, 1.807) is 12.4 Å². The van der Waals surface area contributed by atoms with Gasteiger partial charge >= 0.3 is 0 Å². The fourth-order valence-corrected chi connectivity index (χ4v) is 1.57. The minimum Gasteiger partial charge on any atom is -1.00 e. The number of fused-ring (bicyclic) bond motifs is 1. The number of carbonyl (C=O) groups excluding carboxylic acids is 1. The van der Waals surface area contributed by atoms with Crippen molar-refractivity contribution in [3.63, 3.8) is 0 Å². The Morgan fingerprint density at radius 2 is 2.20 bits per heavy atom. The Morgan fingerprint density at radius 1 is 1.40 bits per heavy atom. The number of rotatable bonds is 4. The minimum atomic E-state index is -0.122. The van der Waals surface area contributed by atoms with Gasteiger partial charge in [-0.25, -0.2) is 5.43 Å². The fourth-order valence-electron chi connectivity index (χ4n) is 1.57. The van der Waals surface area contributed by atoms with Crippen LogP contribution in [0.5, 0.6) is 0 Å². The number of carbonyl (C=O) groups is 1. The SMILES string of the molecule is Cl.[Cl-].[NH3+]CCC(=O)NN=Cc1ccc2ncccc2c1. The molecule has 1 aromatic heterocycles. The summed E-state index contributed by atoms with van der Waals surface area (Å²) in [4.78, 5) is 15.4. The number of hydrogen-bond donors (Lipinski definition) is 2. The first-order chi connectivity index (χ1) is 8.79. The highest BCUT2D eigenvalue weighted by atomic mass is 35.5. The second-order valence-corrected chi connectivity index (χ2v) is 3.85. The lowest BCUT2D eigenvalue weighted by molar-refractivity contribution is -0.366. The zero-order chi connectivity index (χ0) is 12.8. The summed E-state index contributed by atoms with van der Waals surface area (Å²) in [6.07, 6.45) is 3.77. The van der Waals surface area contributed by atoms with Gasteiger partial charge in [-0.3, -0.25) is 9.78 Å². The van der Waals surface area contributed by atoms with Gasteiger partial charge in [0.1, 0.15) is 0 Å². The first-order valence-electron chi connectivity index (χ1n) is 5.75. The van der Waals surface area contributed by atoms with E-state index in [0.717, 1.165) is 16.5 Å². The summed E-state index contributed by atoms with van der Waals surface area (Å²) in [6, 6.07) is 9.68. The van der Waals surface area contributed by atoms with Crippen LogP contribution < -0.4 is 23.6 Å². The van der Waals surface area contributed by atoms with E-state index in [9.17, 15) is 4.79 Å². The molecule has 2 rings (SSSR count). The van der Waals surface area contributed by atoms with Crippen molar-refractivity contribution in [3.05, 3.63) is 42.1 Å². The van der Waals surface area contributed by atoms with Gasteiger partial charge in [-0.1, -0.05) is 12.1 Å². The Morgan fingerprint density at radius 3 is 2.95 bits per heavy atom. The molecule has 5 nitrogen and oxygen atoms in total. The highest BCUT2D eigenvalue weighted by Gasteiger charge is 1.97. The monoisotopic (exact) mass is 314 g/mol. The summed E-state index contributed by atoms with van der Waals surface area (Å²) in [5, 5.41) is 4.94. The molecule has 0 bridgehead atoms. The summed E-state index contributed by atoms with van der Waals surface area (Å²) in [5.74, 6) is -0.122. The van der Waals surface area contributed by atoms with Crippen LogP contribution in [0.2, 0.25) is 0 Å². The molecule has 1 amide bonds. The third-order valence-corrected chi connectivity index (χ3v) is 2.43. The summed E-state index contributed by atoms with van der Waals surface area (Å²) in [5.41, 5.74) is 7.92. The largest absolute Gasteiger partial charge is 1.00 e. The predicted octanol–water partition coefficient (Wildman–Crippen LogP) is -2.26. The minimum absolute atomic E-state index is 0. The normalized spacial score (nSPS) is 9.85. The smallest absolute Gasteiger partial charge is 0.245 e. The van der Waals surface area contributed by atoms with Crippen molar-refractivity contribution in [1.82, 2.24) is 10.4 Å². The van der Waals surface area contributed by atoms with E-state index in [0.29, 0.717) is 13.0 Å². The van der Waals surface area contributed by atoms with Crippen LogP contribution >= 0.6 is 12.4 Å². The fraction of sp³-hybridized carbons (Fsp3) is 0.154. The topological polar surface area (TPSA) is 82.0 Å². The number of amides is 1. The van der Waals surface area contributed by atoms with Gasteiger partial charge in [-0.15, -0.1) is 12.4 Å². The molecule has 0 atom stereocenters. The van der Waals surface area contributed by atoms with Crippen molar-refractivity contribution in [2.75, 3.05) is 6.54 Å². The van der Waals surface area contributed by atoms with Crippen molar-refractivity contribution in [2.45, 2.75) is 6.42 Å². The molecule has 0 saturated carbocycles. The van der Waals surface area contributed by atoms with Gasteiger partial charge in [-0.05, 0) is 23.8 Å². The molecule has 108 valence electrons. The molecular weight excluding hydrogens is 299 g/mol. The van der Waals surface area contributed by atoms with Crippen LogP contribution in [0.15, 0.2) is 41.6 Å². The van der Waals surface area contributed by atoms with E-state index < -0.39 is 0 Å². The molecule has 2 aromatic rings. The number of benzene rings is 1. The van der Waals surface area contributed by atoms with E-state index in [4.69, 9.17) is 0 Å². The highest BCUT2D eigenvalue weighted by Crippen LogP contribution is 2.11. The van der Waals surface area contributed by atoms with Gasteiger partial charge < -0.3 is 18.1 Å². The van der Waals surface area contributed by atoms with E-state index in [2.05, 4.69) is 21.2 Å². The number of hydrazone groups is 1. The van der Waals surface area contributed by atoms with Crippen LogP contribution in [0, 0.1) is 0 Å². The van der Waals surface area contributed by atoms with Gasteiger partial charge in [0.15, 0.2) is 0 Å². The van der Waals surface area contributed by atoms with Crippen LogP contribution in [-0.2, 0) is 4.79 Å². The average Bonchev–Trinajstić information content (AvgIpc) is 2.39. The first kappa shape index (κ1) is 18.3. The van der Waals surface area contributed by atoms with Crippen molar-refractivity contribution in [1.29, 1.82) is 0 Å². The zero-order valence-electron chi connectivity index (χ0n) is 10.8. The van der Waals surface area contributed by atoms with Crippen LogP contribution in [0.3, 0.4) is 0 Å². The Labute approximate surface area is 129 Å². The lowest BCUT2D eigenvalue weighted by Gasteiger charge is -1.98. The maximum Gasteiger partial charge on any atom is 0.245 e. The molecule has 0 aliphatic carbocycles. The molecule has 1 aromatic carbocycles. The van der Waals surface area contributed by atoms with Gasteiger partial charge in [0.05, 0.1) is 24.7 Å². The van der Waals surface area contributed by atoms with Gasteiger partial charge in [0.25, 0.3) is 0 Å². The number of quaternary nitrogens is 1. The molecule has 0 radical (unpaired) electrons. The van der Waals surface area contributed by atoms with Crippen LogP contribution in [0.4, 0.5) is 0 Å². The van der Waals surface area contributed by atoms with Crippen molar-refractivity contribution in [3.8, 4) is 0 Å². The summed E-state index contributed by atoms with van der Waals surface area (Å²) >= 11 is 0. The number of hydrogen-bond acceptors (Lipinski definition) is 3. The Kier molecular flexibility index (Phi) is 8.47. The van der Waals surface area contributed by atoms with Gasteiger partial charge in [-0.2, -0.15) is 5.10 Å². The Hall–Kier alpha value is -1.69. The van der Waals surface area contributed by atoms with E-state index in [-0.39, 0.29) is 30.7 Å². The summed E-state index contributed by atoms with van der Waals surface area (Å²) in [7, 11) is 0. The summed E-state index contributed by atoms with van der Waals surface area (Å²) < 4.78 is 0. The Bertz CT molecular complexity index is 589. The maximum atomic E-state index is 11.2. The van der Waals surface area contributed by atoms with E-state index in [1.165, 1.54) is 0 Å². The molecule has 0 aliphatic heterocycles. The van der Waals surface area contributed by atoms with Crippen molar-refractivity contribution in [2.24, 2.45) is 5.10 Å². The standard InChI is InChI=1S/C13H14N4O.2ClH/c14-6-5-13(18)17-16-9-10-3-4-12-11(8-10)2-1-7-15-12;;/h1-4,7-9H,5-6,14H2,(H,17,18);2*1H. The number of aromatic nitrogens is 1. The first-order valence-corrected chi connectivity index (χ1v) is 5.75.